The summed E-state index contributed by atoms with van der Waals surface area (Å²) in [4.78, 5) is 4.23. The fraction of sp³-hybridized carbons (Fsp3) is 0.143. The molecule has 0 saturated carbocycles. The molecule has 20 heavy (non-hydrogen) atoms. The number of nitrogens with two attached hydrogens (primary N) is 1. The fourth-order valence-electron chi connectivity index (χ4n) is 1.94. The number of aromatic nitrogens is 3. The van der Waals surface area contributed by atoms with E-state index in [1.807, 2.05) is 24.3 Å². The van der Waals surface area contributed by atoms with Gasteiger partial charge in [-0.2, -0.15) is 5.10 Å². The number of benzene rings is 1. The van der Waals surface area contributed by atoms with Crippen molar-refractivity contribution in [2.75, 3.05) is 7.11 Å². The summed E-state index contributed by atoms with van der Waals surface area (Å²) >= 11 is 0. The molecule has 3 aromatic rings. The molecule has 3 rings (SSSR count). The van der Waals surface area contributed by atoms with E-state index in [1.165, 1.54) is 0 Å². The number of rotatable bonds is 4. The van der Waals surface area contributed by atoms with Crippen molar-refractivity contribution in [1.29, 1.82) is 0 Å². The van der Waals surface area contributed by atoms with Gasteiger partial charge < -0.3 is 15.2 Å². The van der Waals surface area contributed by atoms with Crippen LogP contribution in [0.4, 0.5) is 0 Å². The summed E-state index contributed by atoms with van der Waals surface area (Å²) in [6, 6.07) is 7.41. The van der Waals surface area contributed by atoms with Crippen LogP contribution in [-0.4, -0.2) is 21.7 Å². The van der Waals surface area contributed by atoms with Gasteiger partial charge in [-0.1, -0.05) is 6.07 Å². The molecular formula is C14H14N4O2. The molecule has 102 valence electrons. The Hall–Kier alpha value is -2.60. The Labute approximate surface area is 115 Å². The molecule has 0 atom stereocenters. The van der Waals surface area contributed by atoms with Crippen molar-refractivity contribution in [1.82, 2.24) is 14.6 Å². The highest BCUT2D eigenvalue weighted by atomic mass is 16.5. The maximum absolute atomic E-state index is 5.83. The lowest BCUT2D eigenvalue weighted by Crippen LogP contribution is -1.99. The van der Waals surface area contributed by atoms with Crippen LogP contribution in [0.5, 0.6) is 17.4 Å². The third-order valence-corrected chi connectivity index (χ3v) is 2.96. The Morgan fingerprint density at radius 1 is 1.20 bits per heavy atom. The molecule has 2 aromatic heterocycles. The lowest BCUT2D eigenvalue weighted by Gasteiger charge is -2.11. The molecule has 2 heterocycles. The predicted molar refractivity (Wildman–Crippen MR) is 73.9 cm³/mol. The molecular weight excluding hydrogens is 256 g/mol. The zero-order valence-electron chi connectivity index (χ0n) is 11.0. The zero-order valence-corrected chi connectivity index (χ0v) is 11.0. The first kappa shape index (κ1) is 12.4. The molecule has 0 amide bonds. The van der Waals surface area contributed by atoms with E-state index >= 15 is 0 Å². The number of methoxy groups -OCH3 is 1. The number of ether oxygens (including phenoxy) is 2. The largest absolute Gasteiger partial charge is 0.493 e. The quantitative estimate of drug-likeness (QED) is 0.784. The topological polar surface area (TPSA) is 74.7 Å². The fourth-order valence-corrected chi connectivity index (χ4v) is 1.94. The maximum atomic E-state index is 5.83. The Bertz CT molecular complexity index is 739. The summed E-state index contributed by atoms with van der Waals surface area (Å²) in [5, 5.41) is 4.14. The van der Waals surface area contributed by atoms with E-state index in [0.29, 0.717) is 23.9 Å². The van der Waals surface area contributed by atoms with Crippen LogP contribution in [0.3, 0.4) is 0 Å². The van der Waals surface area contributed by atoms with E-state index in [-0.39, 0.29) is 0 Å². The normalized spacial score (nSPS) is 10.7. The smallest absolute Gasteiger partial charge is 0.245 e. The van der Waals surface area contributed by atoms with Gasteiger partial charge in [0.15, 0.2) is 11.5 Å². The number of hydrogen-bond donors (Lipinski definition) is 1. The van der Waals surface area contributed by atoms with Gasteiger partial charge in [-0.3, -0.25) is 0 Å². The van der Waals surface area contributed by atoms with Gasteiger partial charge in [0.2, 0.25) is 5.88 Å². The number of hydrogen-bond acceptors (Lipinski definition) is 5. The summed E-state index contributed by atoms with van der Waals surface area (Å²) < 4.78 is 12.9. The molecule has 6 heteroatoms. The highest BCUT2D eigenvalue weighted by Crippen LogP contribution is 2.32. The summed E-state index contributed by atoms with van der Waals surface area (Å²) in [5.74, 6) is 1.69. The van der Waals surface area contributed by atoms with E-state index in [0.717, 1.165) is 11.1 Å². The number of fused-ring (bicyclic) bond motifs is 1. The monoisotopic (exact) mass is 270 g/mol. The Morgan fingerprint density at radius 3 is 2.90 bits per heavy atom. The first-order chi connectivity index (χ1) is 9.81. The second-order valence-electron chi connectivity index (χ2n) is 4.18. The first-order valence-corrected chi connectivity index (χ1v) is 6.15. The van der Waals surface area contributed by atoms with Gasteiger partial charge in [0.1, 0.15) is 5.52 Å². The maximum Gasteiger partial charge on any atom is 0.245 e. The zero-order chi connectivity index (χ0) is 13.9. The molecule has 0 bridgehead atoms. The molecule has 0 aliphatic rings. The van der Waals surface area contributed by atoms with Crippen LogP contribution in [0.2, 0.25) is 0 Å². The van der Waals surface area contributed by atoms with E-state index < -0.39 is 0 Å². The van der Waals surface area contributed by atoms with Gasteiger partial charge in [-0.15, -0.1) is 0 Å². The first-order valence-electron chi connectivity index (χ1n) is 6.15. The summed E-state index contributed by atoms with van der Waals surface area (Å²) in [6.45, 7) is 0.451. The van der Waals surface area contributed by atoms with Crippen LogP contribution in [-0.2, 0) is 6.54 Å². The van der Waals surface area contributed by atoms with Crippen LogP contribution < -0.4 is 15.2 Å². The average Bonchev–Trinajstić information content (AvgIpc) is 2.97. The average molecular weight is 270 g/mol. The van der Waals surface area contributed by atoms with E-state index in [1.54, 1.807) is 30.2 Å². The van der Waals surface area contributed by atoms with Gasteiger partial charge in [0.05, 0.1) is 13.3 Å². The van der Waals surface area contributed by atoms with Crippen LogP contribution in [0.15, 0.2) is 42.9 Å². The van der Waals surface area contributed by atoms with Crippen molar-refractivity contribution in [3.8, 4) is 17.4 Å². The minimum atomic E-state index is 0.451. The molecule has 0 saturated heterocycles. The van der Waals surface area contributed by atoms with E-state index in [4.69, 9.17) is 15.2 Å². The molecule has 0 fully saturated rings. The Balaban J connectivity index is 2.00. The predicted octanol–water partition coefficient (Wildman–Crippen LogP) is 1.99. The molecule has 0 spiro atoms. The molecule has 0 aliphatic heterocycles. The summed E-state index contributed by atoms with van der Waals surface area (Å²) in [5.41, 5.74) is 7.38. The molecule has 0 radical (unpaired) electrons. The van der Waals surface area contributed by atoms with Gasteiger partial charge in [-0.25, -0.2) is 9.50 Å². The van der Waals surface area contributed by atoms with Crippen molar-refractivity contribution in [3.05, 3.63) is 48.4 Å². The molecule has 1 aromatic carbocycles. The second kappa shape index (κ2) is 5.18. The summed E-state index contributed by atoms with van der Waals surface area (Å²) in [7, 11) is 1.59. The third-order valence-electron chi connectivity index (χ3n) is 2.96. The molecule has 0 aliphatic carbocycles. The Kier molecular flexibility index (Phi) is 3.22. The van der Waals surface area contributed by atoms with E-state index in [2.05, 4.69) is 10.1 Å². The van der Waals surface area contributed by atoms with Crippen molar-refractivity contribution < 1.29 is 9.47 Å². The molecule has 0 unspecified atom stereocenters. The van der Waals surface area contributed by atoms with Crippen LogP contribution >= 0.6 is 0 Å². The van der Waals surface area contributed by atoms with Crippen molar-refractivity contribution in [2.24, 2.45) is 5.73 Å². The van der Waals surface area contributed by atoms with Crippen molar-refractivity contribution in [3.63, 3.8) is 0 Å². The highest BCUT2D eigenvalue weighted by Gasteiger charge is 2.10. The van der Waals surface area contributed by atoms with Crippen molar-refractivity contribution in [2.45, 2.75) is 6.54 Å². The lowest BCUT2D eigenvalue weighted by molar-refractivity contribution is 0.374. The SMILES string of the molecule is COc1cc(CN)ccc1Oc1nccn2nccc12. The van der Waals surface area contributed by atoms with Gasteiger partial charge >= 0.3 is 0 Å². The van der Waals surface area contributed by atoms with Gasteiger partial charge in [-0.05, 0) is 23.8 Å². The summed E-state index contributed by atoms with van der Waals surface area (Å²) in [6.07, 6.45) is 5.09. The van der Waals surface area contributed by atoms with Gasteiger partial charge in [0, 0.05) is 18.9 Å². The standard InChI is InChI=1S/C14H14N4O2/c1-19-13-8-10(9-15)2-3-12(13)20-14-11-4-5-17-18(11)7-6-16-14/h2-8H,9,15H2,1H3. The minimum absolute atomic E-state index is 0.451. The minimum Gasteiger partial charge on any atom is -0.493 e. The third kappa shape index (κ3) is 2.17. The van der Waals surface area contributed by atoms with Crippen LogP contribution in [0.25, 0.3) is 5.52 Å². The van der Waals surface area contributed by atoms with Crippen LogP contribution in [0.1, 0.15) is 5.56 Å². The lowest BCUT2D eigenvalue weighted by atomic mass is 10.2. The molecule has 6 nitrogen and oxygen atoms in total. The Morgan fingerprint density at radius 2 is 2.10 bits per heavy atom. The highest BCUT2D eigenvalue weighted by molar-refractivity contribution is 5.57. The van der Waals surface area contributed by atoms with Crippen molar-refractivity contribution >= 4 is 5.52 Å². The number of nitrogens with zero attached hydrogens (tertiary/aromatic N) is 3. The molecule has 2 N–H and O–H groups in total. The van der Waals surface area contributed by atoms with E-state index in [9.17, 15) is 0 Å². The second-order valence-corrected chi connectivity index (χ2v) is 4.18. The van der Waals surface area contributed by atoms with Gasteiger partial charge in [0.25, 0.3) is 0 Å². The van der Waals surface area contributed by atoms with Crippen LogP contribution in [0, 0.1) is 0 Å².